The SMILES string of the molecule is COC(=O)c1c(Nc2ccccc2)nc2c(c1C(=O)OC)c(=O)n(C)c(=O)n2C. The number of fused-ring (bicyclic) bond motifs is 1. The minimum atomic E-state index is -0.940. The Balaban J connectivity index is 2.53. The number of aryl methyl sites for hydroxylation is 1. The molecule has 1 N–H and O–H groups in total. The molecule has 10 nitrogen and oxygen atoms in total. The van der Waals surface area contributed by atoms with E-state index in [9.17, 15) is 19.2 Å². The lowest BCUT2D eigenvalue weighted by molar-refractivity contribution is 0.0557. The molecule has 0 aliphatic carbocycles. The molecule has 2 heterocycles. The number of rotatable bonds is 4. The van der Waals surface area contributed by atoms with E-state index in [4.69, 9.17) is 9.47 Å². The number of anilines is 2. The fourth-order valence-corrected chi connectivity index (χ4v) is 2.94. The number of para-hydroxylation sites is 1. The van der Waals surface area contributed by atoms with Gasteiger partial charge in [0, 0.05) is 19.8 Å². The number of nitrogens with one attached hydrogen (secondary N) is 1. The van der Waals surface area contributed by atoms with Gasteiger partial charge in [0.05, 0.1) is 25.2 Å². The van der Waals surface area contributed by atoms with E-state index in [-0.39, 0.29) is 28.0 Å². The summed E-state index contributed by atoms with van der Waals surface area (Å²) in [6.45, 7) is 0. The van der Waals surface area contributed by atoms with Gasteiger partial charge in [-0.3, -0.25) is 13.9 Å². The molecule has 0 aliphatic rings. The van der Waals surface area contributed by atoms with E-state index in [1.165, 1.54) is 14.1 Å². The van der Waals surface area contributed by atoms with Crippen molar-refractivity contribution < 1.29 is 19.1 Å². The molecule has 3 aromatic rings. The molecular weight excluding hydrogens is 380 g/mol. The second-order valence-corrected chi connectivity index (χ2v) is 6.09. The molecule has 0 unspecified atom stereocenters. The molecule has 0 aliphatic heterocycles. The summed E-state index contributed by atoms with van der Waals surface area (Å²) in [5.74, 6) is -1.89. The summed E-state index contributed by atoms with van der Waals surface area (Å²) in [5.41, 5.74) is -1.54. The Kier molecular flexibility index (Phi) is 5.18. The third kappa shape index (κ3) is 3.24. The lowest BCUT2D eigenvalue weighted by Crippen LogP contribution is -2.38. The van der Waals surface area contributed by atoms with Crippen LogP contribution in [0.5, 0.6) is 0 Å². The van der Waals surface area contributed by atoms with Crippen molar-refractivity contribution in [2.24, 2.45) is 14.1 Å². The Morgan fingerprint density at radius 1 is 0.931 bits per heavy atom. The van der Waals surface area contributed by atoms with E-state index < -0.39 is 23.2 Å². The first kappa shape index (κ1) is 19.8. The first-order chi connectivity index (χ1) is 13.8. The van der Waals surface area contributed by atoms with Crippen LogP contribution in [0.1, 0.15) is 20.7 Å². The Hall–Kier alpha value is -3.95. The first-order valence-electron chi connectivity index (χ1n) is 8.44. The Bertz CT molecular complexity index is 1240. The summed E-state index contributed by atoms with van der Waals surface area (Å²) in [6.07, 6.45) is 0. The highest BCUT2D eigenvalue weighted by molar-refractivity contribution is 6.14. The maximum atomic E-state index is 12.8. The van der Waals surface area contributed by atoms with Crippen LogP contribution < -0.4 is 16.6 Å². The predicted octanol–water partition coefficient (Wildman–Crippen LogP) is 0.949. The number of esters is 2. The van der Waals surface area contributed by atoms with Gasteiger partial charge in [-0.1, -0.05) is 18.2 Å². The second kappa shape index (κ2) is 7.58. The van der Waals surface area contributed by atoms with Crippen molar-refractivity contribution in [3.8, 4) is 0 Å². The van der Waals surface area contributed by atoms with Crippen LogP contribution >= 0.6 is 0 Å². The summed E-state index contributed by atoms with van der Waals surface area (Å²) in [6, 6.07) is 8.75. The molecule has 0 fully saturated rings. The fraction of sp³-hybridized carbons (Fsp3) is 0.211. The standard InChI is InChI=1S/C19H18N4O6/c1-22-15-13(16(24)23(2)19(22)27)11(17(25)28-3)12(18(26)29-4)14(21-15)20-10-8-6-5-7-9-10/h5-9H,1-4H3,(H,20,21). The molecule has 10 heteroatoms. The van der Waals surface area contributed by atoms with E-state index in [1.807, 2.05) is 0 Å². The largest absolute Gasteiger partial charge is 0.465 e. The van der Waals surface area contributed by atoms with Gasteiger partial charge < -0.3 is 14.8 Å². The molecule has 0 atom stereocenters. The molecule has 0 amide bonds. The van der Waals surface area contributed by atoms with Crippen LogP contribution in [0.3, 0.4) is 0 Å². The third-order valence-corrected chi connectivity index (χ3v) is 4.40. The van der Waals surface area contributed by atoms with E-state index in [0.717, 1.165) is 23.4 Å². The molecular formula is C19H18N4O6. The van der Waals surface area contributed by atoms with Gasteiger partial charge in [-0.25, -0.2) is 19.4 Å². The van der Waals surface area contributed by atoms with Crippen molar-refractivity contribution in [2.75, 3.05) is 19.5 Å². The molecule has 0 bridgehead atoms. The summed E-state index contributed by atoms with van der Waals surface area (Å²) < 4.78 is 11.6. The smallest absolute Gasteiger partial charge is 0.342 e. The van der Waals surface area contributed by atoms with Crippen molar-refractivity contribution >= 4 is 34.5 Å². The van der Waals surface area contributed by atoms with Crippen LogP contribution in [0.4, 0.5) is 11.5 Å². The minimum Gasteiger partial charge on any atom is -0.465 e. The zero-order chi connectivity index (χ0) is 21.3. The third-order valence-electron chi connectivity index (χ3n) is 4.40. The van der Waals surface area contributed by atoms with E-state index >= 15 is 0 Å². The van der Waals surface area contributed by atoms with Crippen molar-refractivity contribution in [3.05, 3.63) is 62.3 Å². The topological polar surface area (TPSA) is 122 Å². The quantitative estimate of drug-likeness (QED) is 0.645. The number of pyridine rings is 1. The highest BCUT2D eigenvalue weighted by Crippen LogP contribution is 2.28. The number of aromatic nitrogens is 3. The Morgan fingerprint density at radius 3 is 2.10 bits per heavy atom. The van der Waals surface area contributed by atoms with Crippen LogP contribution in [0.2, 0.25) is 0 Å². The lowest BCUT2D eigenvalue weighted by Gasteiger charge is -2.17. The van der Waals surface area contributed by atoms with Gasteiger partial charge in [0.2, 0.25) is 0 Å². The molecule has 0 saturated heterocycles. The summed E-state index contributed by atoms with van der Waals surface area (Å²) in [4.78, 5) is 54.7. The van der Waals surface area contributed by atoms with Crippen LogP contribution in [-0.4, -0.2) is 40.3 Å². The fourth-order valence-electron chi connectivity index (χ4n) is 2.94. The van der Waals surface area contributed by atoms with Gasteiger partial charge in [-0.05, 0) is 12.1 Å². The Morgan fingerprint density at radius 2 is 1.52 bits per heavy atom. The van der Waals surface area contributed by atoms with Crippen molar-refractivity contribution in [1.82, 2.24) is 14.1 Å². The van der Waals surface area contributed by atoms with Crippen molar-refractivity contribution in [2.45, 2.75) is 0 Å². The van der Waals surface area contributed by atoms with Crippen LogP contribution in [0, 0.1) is 0 Å². The second-order valence-electron chi connectivity index (χ2n) is 6.09. The van der Waals surface area contributed by atoms with Gasteiger partial charge in [0.1, 0.15) is 11.4 Å². The van der Waals surface area contributed by atoms with E-state index in [0.29, 0.717) is 5.69 Å². The highest BCUT2D eigenvalue weighted by atomic mass is 16.5. The van der Waals surface area contributed by atoms with E-state index in [2.05, 4.69) is 10.3 Å². The first-order valence-corrected chi connectivity index (χ1v) is 8.44. The summed E-state index contributed by atoms with van der Waals surface area (Å²) >= 11 is 0. The number of hydrogen-bond donors (Lipinski definition) is 1. The molecule has 0 saturated carbocycles. The number of ether oxygens (including phenoxy) is 2. The summed E-state index contributed by atoms with van der Waals surface area (Å²) in [5, 5.41) is 2.71. The number of carbonyl (C=O) groups is 2. The monoisotopic (exact) mass is 398 g/mol. The maximum absolute atomic E-state index is 12.8. The van der Waals surface area contributed by atoms with Crippen LogP contribution in [0.25, 0.3) is 11.0 Å². The molecule has 0 spiro atoms. The number of carbonyl (C=O) groups excluding carboxylic acids is 2. The molecule has 29 heavy (non-hydrogen) atoms. The average molecular weight is 398 g/mol. The lowest BCUT2D eigenvalue weighted by atomic mass is 10.0. The minimum absolute atomic E-state index is 0.0563. The number of methoxy groups -OCH3 is 2. The van der Waals surface area contributed by atoms with Gasteiger partial charge in [0.25, 0.3) is 5.56 Å². The zero-order valence-electron chi connectivity index (χ0n) is 16.2. The highest BCUT2D eigenvalue weighted by Gasteiger charge is 2.30. The summed E-state index contributed by atoms with van der Waals surface area (Å²) in [7, 11) is 4.92. The van der Waals surface area contributed by atoms with Crippen molar-refractivity contribution in [3.63, 3.8) is 0 Å². The number of hydrogen-bond acceptors (Lipinski definition) is 8. The van der Waals surface area contributed by atoms with E-state index in [1.54, 1.807) is 30.3 Å². The molecule has 150 valence electrons. The average Bonchev–Trinajstić information content (AvgIpc) is 2.74. The predicted molar refractivity (Wildman–Crippen MR) is 105 cm³/mol. The molecule has 1 aromatic carbocycles. The number of benzene rings is 1. The van der Waals surface area contributed by atoms with Gasteiger partial charge >= 0.3 is 17.6 Å². The van der Waals surface area contributed by atoms with Gasteiger partial charge in [-0.15, -0.1) is 0 Å². The zero-order valence-corrected chi connectivity index (χ0v) is 16.2. The Labute approximate surface area is 164 Å². The van der Waals surface area contributed by atoms with Crippen LogP contribution in [0.15, 0.2) is 39.9 Å². The van der Waals surface area contributed by atoms with Gasteiger partial charge in [-0.2, -0.15) is 0 Å². The normalized spacial score (nSPS) is 10.6. The van der Waals surface area contributed by atoms with Gasteiger partial charge in [0.15, 0.2) is 5.65 Å². The number of nitrogens with zero attached hydrogens (tertiary/aromatic N) is 3. The maximum Gasteiger partial charge on any atom is 0.342 e. The van der Waals surface area contributed by atoms with Crippen molar-refractivity contribution in [1.29, 1.82) is 0 Å². The molecule has 0 radical (unpaired) electrons. The molecule has 2 aromatic heterocycles. The van der Waals surface area contributed by atoms with Crippen LogP contribution in [-0.2, 0) is 23.6 Å². The molecule has 3 rings (SSSR count).